The van der Waals surface area contributed by atoms with Gasteiger partial charge in [-0.15, -0.1) is 24.8 Å². The summed E-state index contributed by atoms with van der Waals surface area (Å²) < 4.78 is 0. The Labute approximate surface area is 221 Å². The first-order valence-corrected chi connectivity index (χ1v) is 11.8. The van der Waals surface area contributed by atoms with Gasteiger partial charge in [0.25, 0.3) is 0 Å². The van der Waals surface area contributed by atoms with Gasteiger partial charge < -0.3 is 21.0 Å². The second-order valence-corrected chi connectivity index (χ2v) is 9.91. The number of phenolic OH excluding ortho intramolecular Hbond substituents is 1. The van der Waals surface area contributed by atoms with Crippen LogP contribution in [-0.4, -0.2) is 28.5 Å². The molecule has 182 valence electrons. The Hall–Kier alpha value is -1.76. The molecule has 2 aromatic carbocycles. The zero-order valence-corrected chi connectivity index (χ0v) is 21.5. The molecular formula is C25H27Cl4N3O2. The van der Waals surface area contributed by atoms with Crippen molar-refractivity contribution in [1.82, 2.24) is 4.98 Å². The Kier molecular flexibility index (Phi) is 8.26. The Balaban J connectivity index is 0.00000162. The molecule has 0 aliphatic heterocycles. The van der Waals surface area contributed by atoms with E-state index in [2.05, 4.69) is 16.4 Å². The van der Waals surface area contributed by atoms with Gasteiger partial charge in [0.1, 0.15) is 6.29 Å². The molecule has 0 unspecified atom stereocenters. The minimum absolute atomic E-state index is 0. The molecule has 5 rings (SSSR count). The smallest absolute Gasteiger partial charge is 0.152 e. The van der Waals surface area contributed by atoms with Crippen LogP contribution >= 0.6 is 48.0 Å². The van der Waals surface area contributed by atoms with Crippen molar-refractivity contribution in [2.75, 3.05) is 5.32 Å². The molecule has 3 aromatic rings. The highest BCUT2D eigenvalue weighted by atomic mass is 35.5. The zero-order valence-electron chi connectivity index (χ0n) is 18.4. The van der Waals surface area contributed by atoms with E-state index in [4.69, 9.17) is 28.9 Å². The van der Waals surface area contributed by atoms with Crippen LogP contribution in [0.15, 0.2) is 36.5 Å². The first kappa shape index (κ1) is 26.8. The summed E-state index contributed by atoms with van der Waals surface area (Å²) in [6.07, 6.45) is 8.60. The number of fused-ring (bicyclic) bond motifs is 1. The van der Waals surface area contributed by atoms with Gasteiger partial charge in [0.2, 0.25) is 0 Å². The lowest BCUT2D eigenvalue weighted by molar-refractivity contribution is -0.109. The lowest BCUT2D eigenvalue weighted by atomic mass is 9.89. The number of nitrogens with two attached hydrogens (primary N) is 1. The maximum atomic E-state index is 12.0. The van der Waals surface area contributed by atoms with Gasteiger partial charge in [0.15, 0.2) is 5.75 Å². The SMILES string of the molecule is Cl.Cl.NC1CCC(Nc2c(C3(C=O)CC3)cnc3ccc(-c4cc(Cl)c(O)c(Cl)c4)cc23)CC1. The zero-order chi connectivity index (χ0) is 22.5. The number of nitrogens with one attached hydrogen (secondary N) is 1. The third kappa shape index (κ3) is 4.95. The number of carbonyl (C=O) groups is 1. The lowest BCUT2D eigenvalue weighted by Gasteiger charge is -2.29. The second-order valence-electron chi connectivity index (χ2n) is 9.10. The fourth-order valence-corrected chi connectivity index (χ4v) is 5.18. The normalized spacial score (nSPS) is 20.7. The van der Waals surface area contributed by atoms with Gasteiger partial charge in [-0.2, -0.15) is 0 Å². The van der Waals surface area contributed by atoms with Gasteiger partial charge in [-0.3, -0.25) is 4.98 Å². The summed E-state index contributed by atoms with van der Waals surface area (Å²) in [5, 5.41) is 15.1. The quantitative estimate of drug-likeness (QED) is 0.313. The predicted octanol–water partition coefficient (Wildman–Crippen LogP) is 6.67. The molecule has 0 spiro atoms. The number of pyridine rings is 1. The number of aromatic nitrogens is 1. The van der Waals surface area contributed by atoms with E-state index >= 15 is 0 Å². The molecule has 0 amide bonds. The molecule has 0 bridgehead atoms. The summed E-state index contributed by atoms with van der Waals surface area (Å²) >= 11 is 12.3. The summed E-state index contributed by atoms with van der Waals surface area (Å²) in [4.78, 5) is 16.7. The molecule has 2 fully saturated rings. The summed E-state index contributed by atoms with van der Waals surface area (Å²) in [5.74, 6) is -0.124. The number of halogens is 4. The highest BCUT2D eigenvalue weighted by Gasteiger charge is 2.46. The number of benzene rings is 2. The fraction of sp³-hybridized carbons (Fsp3) is 0.360. The molecule has 0 radical (unpaired) electrons. The third-order valence-electron chi connectivity index (χ3n) is 6.89. The average molecular weight is 543 g/mol. The van der Waals surface area contributed by atoms with E-state index in [1.165, 1.54) is 0 Å². The molecule has 0 saturated heterocycles. The second kappa shape index (κ2) is 10.5. The monoisotopic (exact) mass is 541 g/mol. The van der Waals surface area contributed by atoms with Crippen LogP contribution < -0.4 is 11.1 Å². The number of phenols is 1. The molecule has 1 heterocycles. The Morgan fingerprint density at radius 2 is 1.68 bits per heavy atom. The number of carbonyl (C=O) groups excluding carboxylic acids is 1. The highest BCUT2D eigenvalue weighted by molar-refractivity contribution is 6.37. The number of rotatable bonds is 5. The van der Waals surface area contributed by atoms with Crippen LogP contribution in [0.4, 0.5) is 5.69 Å². The molecular weight excluding hydrogens is 516 g/mol. The van der Waals surface area contributed by atoms with E-state index in [0.717, 1.165) is 78.1 Å². The molecule has 0 atom stereocenters. The summed E-state index contributed by atoms with van der Waals surface area (Å²) in [7, 11) is 0. The van der Waals surface area contributed by atoms with Crippen LogP contribution in [0, 0.1) is 0 Å². The maximum Gasteiger partial charge on any atom is 0.152 e. The lowest BCUT2D eigenvalue weighted by Crippen LogP contribution is -2.33. The molecule has 2 aliphatic rings. The first-order chi connectivity index (χ1) is 15.4. The van der Waals surface area contributed by atoms with E-state index in [1.54, 1.807) is 12.1 Å². The van der Waals surface area contributed by atoms with Crippen LogP contribution in [0.5, 0.6) is 5.75 Å². The van der Waals surface area contributed by atoms with Crippen molar-refractivity contribution < 1.29 is 9.90 Å². The third-order valence-corrected chi connectivity index (χ3v) is 7.47. The number of anilines is 1. The van der Waals surface area contributed by atoms with Crippen LogP contribution in [0.25, 0.3) is 22.0 Å². The van der Waals surface area contributed by atoms with Crippen molar-refractivity contribution in [2.45, 2.75) is 56.0 Å². The standard InChI is InChI=1S/C25H25Cl2N3O2.2ClH/c26-20-10-15(11-21(27)24(20)32)14-1-6-22-18(9-14)23(30-17-4-2-16(28)3-5-17)19(12-29-22)25(13-31)7-8-25;;/h1,6,9-13,16-17,32H,2-5,7-8,28H2,(H,29,30);2*1H. The molecule has 2 aliphatic carbocycles. The van der Waals surface area contributed by atoms with Crippen LogP contribution in [0.3, 0.4) is 0 Å². The van der Waals surface area contributed by atoms with Gasteiger partial charge in [-0.1, -0.05) is 29.3 Å². The van der Waals surface area contributed by atoms with Gasteiger partial charge >= 0.3 is 0 Å². The number of aromatic hydroxyl groups is 1. The molecule has 2 saturated carbocycles. The van der Waals surface area contributed by atoms with Crippen molar-refractivity contribution >= 4 is 70.9 Å². The Morgan fingerprint density at radius 3 is 2.26 bits per heavy atom. The first-order valence-electron chi connectivity index (χ1n) is 11.0. The van der Waals surface area contributed by atoms with Crippen LogP contribution in [0.2, 0.25) is 10.0 Å². The summed E-state index contributed by atoms with van der Waals surface area (Å²) in [5.41, 5.74) is 10.2. The number of hydrogen-bond donors (Lipinski definition) is 3. The number of hydrogen-bond acceptors (Lipinski definition) is 5. The summed E-state index contributed by atoms with van der Waals surface area (Å²) in [6.45, 7) is 0. The summed E-state index contributed by atoms with van der Waals surface area (Å²) in [6, 6.07) is 9.96. The fourth-order valence-electron chi connectivity index (χ4n) is 4.69. The Morgan fingerprint density at radius 1 is 1.03 bits per heavy atom. The molecule has 34 heavy (non-hydrogen) atoms. The number of nitrogens with zero attached hydrogens (tertiary/aromatic N) is 1. The van der Waals surface area contributed by atoms with Gasteiger partial charge in [0.05, 0.1) is 21.0 Å². The number of aldehydes is 1. The van der Waals surface area contributed by atoms with Crippen LogP contribution in [-0.2, 0) is 10.2 Å². The molecule has 1 aromatic heterocycles. The van der Waals surface area contributed by atoms with Crippen molar-refractivity contribution in [2.24, 2.45) is 5.73 Å². The highest BCUT2D eigenvalue weighted by Crippen LogP contribution is 2.50. The molecule has 9 heteroatoms. The van der Waals surface area contributed by atoms with E-state index in [9.17, 15) is 9.90 Å². The van der Waals surface area contributed by atoms with E-state index in [1.807, 2.05) is 18.3 Å². The average Bonchev–Trinajstić information content (AvgIpc) is 3.59. The maximum absolute atomic E-state index is 12.0. The van der Waals surface area contributed by atoms with Crippen molar-refractivity contribution in [3.8, 4) is 16.9 Å². The van der Waals surface area contributed by atoms with Gasteiger partial charge in [0, 0.05) is 34.9 Å². The van der Waals surface area contributed by atoms with Crippen molar-refractivity contribution in [3.05, 3.63) is 52.1 Å². The molecule has 5 nitrogen and oxygen atoms in total. The van der Waals surface area contributed by atoms with Gasteiger partial charge in [-0.05, 0) is 73.9 Å². The minimum Gasteiger partial charge on any atom is -0.505 e. The van der Waals surface area contributed by atoms with E-state index in [0.29, 0.717) is 6.04 Å². The predicted molar refractivity (Wildman–Crippen MR) is 144 cm³/mol. The Bertz CT molecular complexity index is 1190. The van der Waals surface area contributed by atoms with Gasteiger partial charge in [-0.25, -0.2) is 0 Å². The van der Waals surface area contributed by atoms with Crippen molar-refractivity contribution in [1.29, 1.82) is 0 Å². The van der Waals surface area contributed by atoms with Crippen LogP contribution in [0.1, 0.15) is 44.1 Å². The minimum atomic E-state index is -0.449. The van der Waals surface area contributed by atoms with Crippen molar-refractivity contribution in [3.63, 3.8) is 0 Å². The van der Waals surface area contributed by atoms with E-state index < -0.39 is 5.41 Å². The van der Waals surface area contributed by atoms with E-state index in [-0.39, 0.29) is 46.7 Å². The topological polar surface area (TPSA) is 88.2 Å². The largest absolute Gasteiger partial charge is 0.505 e. The molecule has 4 N–H and O–H groups in total.